The second-order valence-electron chi connectivity index (χ2n) is 2.70. The number of nitrogens with one attached hydrogen (secondary N) is 2. The lowest BCUT2D eigenvalue weighted by Crippen LogP contribution is -2.49. The van der Waals surface area contributed by atoms with E-state index in [2.05, 4.69) is 9.89 Å². The van der Waals surface area contributed by atoms with Gasteiger partial charge >= 0.3 is 16.3 Å². The lowest BCUT2D eigenvalue weighted by Gasteiger charge is -2.15. The van der Waals surface area contributed by atoms with Crippen LogP contribution in [0.3, 0.4) is 0 Å². The SMILES string of the molecule is CCC(NS(=O)(=O)NC(=O)OC)C(N)=NO. The molecule has 0 aromatic carbocycles. The summed E-state index contributed by atoms with van der Waals surface area (Å²) >= 11 is 0. The minimum absolute atomic E-state index is 0.248. The van der Waals surface area contributed by atoms with Gasteiger partial charge in [0, 0.05) is 0 Å². The van der Waals surface area contributed by atoms with E-state index in [1.54, 1.807) is 11.6 Å². The zero-order valence-corrected chi connectivity index (χ0v) is 9.61. The molecule has 0 heterocycles. The maximum atomic E-state index is 11.3. The minimum atomic E-state index is -4.11. The summed E-state index contributed by atoms with van der Waals surface area (Å²) in [6, 6.07) is -0.910. The van der Waals surface area contributed by atoms with E-state index in [-0.39, 0.29) is 12.3 Å². The highest BCUT2D eigenvalue weighted by atomic mass is 32.2. The summed E-state index contributed by atoms with van der Waals surface area (Å²) < 4.78 is 30.2. The molecule has 0 bridgehead atoms. The van der Waals surface area contributed by atoms with Crippen molar-refractivity contribution in [3.05, 3.63) is 0 Å². The highest BCUT2D eigenvalue weighted by Crippen LogP contribution is 1.94. The van der Waals surface area contributed by atoms with Crippen LogP contribution in [-0.4, -0.2) is 38.7 Å². The molecule has 5 N–H and O–H groups in total. The van der Waals surface area contributed by atoms with E-state index in [0.717, 1.165) is 7.11 Å². The van der Waals surface area contributed by atoms with Crippen LogP contribution in [0.5, 0.6) is 0 Å². The van der Waals surface area contributed by atoms with Crippen molar-refractivity contribution in [1.82, 2.24) is 9.44 Å². The van der Waals surface area contributed by atoms with Crippen LogP contribution in [0.1, 0.15) is 13.3 Å². The van der Waals surface area contributed by atoms with Gasteiger partial charge < -0.3 is 15.7 Å². The molecule has 0 rings (SSSR count). The molecule has 16 heavy (non-hydrogen) atoms. The summed E-state index contributed by atoms with van der Waals surface area (Å²) in [5, 5.41) is 11.0. The maximum Gasteiger partial charge on any atom is 0.421 e. The molecular formula is C6H14N4O5S. The van der Waals surface area contributed by atoms with Crippen molar-refractivity contribution in [3.63, 3.8) is 0 Å². The zero-order valence-electron chi connectivity index (χ0n) is 8.80. The van der Waals surface area contributed by atoms with Crippen LogP contribution in [0.2, 0.25) is 0 Å². The third-order valence-electron chi connectivity index (χ3n) is 1.58. The second-order valence-corrected chi connectivity index (χ2v) is 4.15. The Morgan fingerprint density at radius 1 is 1.62 bits per heavy atom. The molecule has 0 aromatic heterocycles. The number of carbonyl (C=O) groups is 1. The summed E-state index contributed by atoms with van der Waals surface area (Å²) in [6.45, 7) is 1.61. The zero-order chi connectivity index (χ0) is 12.8. The standard InChI is InChI=1S/C6H14N4O5S/c1-3-4(5(7)8-12)9-16(13,14)10-6(11)15-2/h4,9,12H,3H2,1-2H3,(H2,7,8)(H,10,11). The number of hydrogen-bond acceptors (Lipinski definition) is 6. The molecule has 94 valence electrons. The first kappa shape index (κ1) is 14.5. The third kappa shape index (κ3) is 4.79. The Kier molecular flexibility index (Phi) is 5.53. The molecule has 0 saturated heterocycles. The van der Waals surface area contributed by atoms with Gasteiger partial charge in [-0.15, -0.1) is 0 Å². The van der Waals surface area contributed by atoms with Crippen molar-refractivity contribution in [3.8, 4) is 0 Å². The molecule has 0 aromatic rings. The van der Waals surface area contributed by atoms with Crippen LogP contribution in [0, 0.1) is 0 Å². The van der Waals surface area contributed by atoms with Gasteiger partial charge in [0.15, 0.2) is 5.84 Å². The van der Waals surface area contributed by atoms with E-state index in [1.807, 2.05) is 4.72 Å². The van der Waals surface area contributed by atoms with Gasteiger partial charge in [-0.1, -0.05) is 12.1 Å². The highest BCUT2D eigenvalue weighted by molar-refractivity contribution is 7.88. The van der Waals surface area contributed by atoms with Crippen LogP contribution in [-0.2, 0) is 14.9 Å². The number of amides is 1. The van der Waals surface area contributed by atoms with E-state index in [4.69, 9.17) is 10.9 Å². The fourth-order valence-corrected chi connectivity index (χ4v) is 1.81. The number of nitrogens with two attached hydrogens (primary N) is 1. The summed E-state index contributed by atoms with van der Waals surface area (Å²) in [5.41, 5.74) is 5.23. The average molecular weight is 254 g/mol. The van der Waals surface area contributed by atoms with Gasteiger partial charge in [-0.05, 0) is 6.42 Å². The summed E-state index contributed by atoms with van der Waals surface area (Å²) in [4.78, 5) is 10.7. The normalized spacial score (nSPS) is 14.2. The smallest absolute Gasteiger partial charge is 0.421 e. The first-order valence-electron chi connectivity index (χ1n) is 4.21. The molecule has 1 amide bonds. The van der Waals surface area contributed by atoms with Crippen LogP contribution in [0.25, 0.3) is 0 Å². The molecule has 0 spiro atoms. The van der Waals surface area contributed by atoms with Gasteiger partial charge in [-0.3, -0.25) is 0 Å². The van der Waals surface area contributed by atoms with Gasteiger partial charge in [-0.25, -0.2) is 9.52 Å². The Morgan fingerprint density at radius 3 is 2.56 bits per heavy atom. The molecule has 10 heteroatoms. The molecule has 0 aliphatic rings. The first-order valence-corrected chi connectivity index (χ1v) is 5.70. The van der Waals surface area contributed by atoms with Crippen molar-refractivity contribution in [2.24, 2.45) is 10.9 Å². The second kappa shape index (κ2) is 6.12. The number of oxime groups is 1. The molecule has 0 radical (unpaired) electrons. The van der Waals surface area contributed by atoms with Crippen LogP contribution >= 0.6 is 0 Å². The number of rotatable bonds is 5. The average Bonchev–Trinajstić information content (AvgIpc) is 2.24. The number of carbonyl (C=O) groups excluding carboxylic acids is 1. The van der Waals surface area contributed by atoms with Crippen molar-refractivity contribution in [2.75, 3.05) is 7.11 Å². The Labute approximate surface area is 92.8 Å². The molecular weight excluding hydrogens is 240 g/mol. The summed E-state index contributed by atoms with van der Waals surface area (Å²) in [6.07, 6.45) is -0.889. The van der Waals surface area contributed by atoms with Gasteiger partial charge in [0.05, 0.1) is 13.2 Å². The number of methoxy groups -OCH3 is 1. The Bertz CT molecular complexity index is 365. The molecule has 0 aliphatic carbocycles. The van der Waals surface area contributed by atoms with Gasteiger partial charge in [0.2, 0.25) is 0 Å². The molecule has 0 aliphatic heterocycles. The van der Waals surface area contributed by atoms with Gasteiger partial charge in [0.25, 0.3) is 0 Å². The minimum Gasteiger partial charge on any atom is -0.452 e. The van der Waals surface area contributed by atoms with E-state index in [0.29, 0.717) is 0 Å². The third-order valence-corrected chi connectivity index (χ3v) is 2.61. The topological polar surface area (TPSA) is 143 Å². The van der Waals surface area contributed by atoms with Crippen LogP contribution in [0.15, 0.2) is 5.16 Å². The molecule has 0 saturated carbocycles. The summed E-state index contributed by atoms with van der Waals surface area (Å²) in [7, 11) is -3.09. The molecule has 1 unspecified atom stereocenters. The monoisotopic (exact) mass is 254 g/mol. The maximum absolute atomic E-state index is 11.3. The van der Waals surface area contributed by atoms with Crippen molar-refractivity contribution in [2.45, 2.75) is 19.4 Å². The highest BCUT2D eigenvalue weighted by Gasteiger charge is 2.21. The Balaban J connectivity index is 4.62. The Morgan fingerprint density at radius 2 is 2.19 bits per heavy atom. The van der Waals surface area contributed by atoms with E-state index < -0.39 is 22.3 Å². The number of nitrogens with zero attached hydrogens (tertiary/aromatic N) is 1. The van der Waals surface area contributed by atoms with E-state index in [1.165, 1.54) is 0 Å². The molecule has 9 nitrogen and oxygen atoms in total. The van der Waals surface area contributed by atoms with Crippen molar-refractivity contribution in [1.29, 1.82) is 0 Å². The largest absolute Gasteiger partial charge is 0.452 e. The van der Waals surface area contributed by atoms with Gasteiger partial charge in [-0.2, -0.15) is 13.1 Å². The summed E-state index contributed by atoms with van der Waals surface area (Å²) in [5.74, 6) is -0.308. The van der Waals surface area contributed by atoms with Crippen LogP contribution < -0.4 is 15.2 Å². The lowest BCUT2D eigenvalue weighted by atomic mass is 10.2. The first-order chi connectivity index (χ1) is 7.36. The quantitative estimate of drug-likeness (QED) is 0.208. The predicted molar refractivity (Wildman–Crippen MR) is 55.1 cm³/mol. The number of hydrogen-bond donors (Lipinski definition) is 4. The number of amidine groups is 1. The fourth-order valence-electron chi connectivity index (χ4n) is 0.791. The molecule has 1 atom stereocenters. The number of ether oxygens (including phenoxy) is 1. The van der Waals surface area contributed by atoms with Crippen molar-refractivity contribution >= 4 is 22.1 Å². The fraction of sp³-hybridized carbons (Fsp3) is 0.667. The van der Waals surface area contributed by atoms with E-state index >= 15 is 0 Å². The van der Waals surface area contributed by atoms with E-state index in [9.17, 15) is 13.2 Å². The molecule has 0 fully saturated rings. The van der Waals surface area contributed by atoms with Crippen LogP contribution in [0.4, 0.5) is 4.79 Å². The van der Waals surface area contributed by atoms with Crippen molar-refractivity contribution < 1.29 is 23.2 Å². The van der Waals surface area contributed by atoms with Gasteiger partial charge in [0.1, 0.15) is 0 Å². The lowest BCUT2D eigenvalue weighted by molar-refractivity contribution is 0.177. The predicted octanol–water partition coefficient (Wildman–Crippen LogP) is -1.30. The Hall–Kier alpha value is -1.55.